The molecular formula is C16H24N2O. The van der Waals surface area contributed by atoms with Crippen LogP contribution in [0.15, 0.2) is 30.3 Å². The third kappa shape index (κ3) is 3.78. The van der Waals surface area contributed by atoms with Gasteiger partial charge in [-0.25, -0.2) is 0 Å². The SMILES string of the molecule is O[C@@H]1CCN(Cc2ccccc2)C[C@@H]1CNC1CC1. The van der Waals surface area contributed by atoms with Crippen LogP contribution in [-0.2, 0) is 6.54 Å². The standard InChI is InChI=1S/C16H24N2O/c19-16-8-9-18(11-13-4-2-1-3-5-13)12-14(16)10-17-15-6-7-15/h1-5,14-17,19H,6-12H2/t14-,16+/m0/s1. The van der Waals surface area contributed by atoms with Gasteiger partial charge in [-0.05, 0) is 24.8 Å². The average molecular weight is 260 g/mol. The lowest BCUT2D eigenvalue weighted by Crippen LogP contribution is -2.46. The van der Waals surface area contributed by atoms with Crippen LogP contribution in [0, 0.1) is 5.92 Å². The maximum atomic E-state index is 10.1. The quantitative estimate of drug-likeness (QED) is 0.844. The Morgan fingerprint density at radius 1 is 1.16 bits per heavy atom. The maximum absolute atomic E-state index is 10.1. The number of hydrogen-bond donors (Lipinski definition) is 2. The van der Waals surface area contributed by atoms with Crippen LogP contribution in [0.5, 0.6) is 0 Å². The van der Waals surface area contributed by atoms with Crippen molar-refractivity contribution >= 4 is 0 Å². The van der Waals surface area contributed by atoms with Gasteiger partial charge in [-0.2, -0.15) is 0 Å². The van der Waals surface area contributed by atoms with Crippen molar-refractivity contribution in [1.82, 2.24) is 10.2 Å². The van der Waals surface area contributed by atoms with Crippen molar-refractivity contribution in [3.8, 4) is 0 Å². The fourth-order valence-electron chi connectivity index (χ4n) is 2.89. The van der Waals surface area contributed by atoms with E-state index >= 15 is 0 Å². The number of piperidine rings is 1. The van der Waals surface area contributed by atoms with Gasteiger partial charge in [-0.15, -0.1) is 0 Å². The van der Waals surface area contributed by atoms with Crippen LogP contribution in [0.25, 0.3) is 0 Å². The molecule has 2 aliphatic rings. The molecule has 0 amide bonds. The van der Waals surface area contributed by atoms with Gasteiger partial charge in [-0.3, -0.25) is 4.90 Å². The van der Waals surface area contributed by atoms with E-state index in [0.717, 1.165) is 38.6 Å². The lowest BCUT2D eigenvalue weighted by molar-refractivity contribution is 0.0239. The Kier molecular flexibility index (Phi) is 4.16. The minimum atomic E-state index is -0.127. The molecule has 1 aromatic carbocycles. The van der Waals surface area contributed by atoms with Crippen LogP contribution in [0.1, 0.15) is 24.8 Å². The van der Waals surface area contributed by atoms with Gasteiger partial charge in [0, 0.05) is 38.1 Å². The van der Waals surface area contributed by atoms with Crippen molar-refractivity contribution in [2.75, 3.05) is 19.6 Å². The lowest BCUT2D eigenvalue weighted by atomic mass is 9.94. The highest BCUT2D eigenvalue weighted by Gasteiger charge is 2.29. The number of nitrogens with zero attached hydrogens (tertiary/aromatic N) is 1. The molecule has 2 fully saturated rings. The summed E-state index contributed by atoms with van der Waals surface area (Å²) >= 11 is 0. The molecule has 3 nitrogen and oxygen atoms in total. The summed E-state index contributed by atoms with van der Waals surface area (Å²) in [6.45, 7) is 4.00. The van der Waals surface area contributed by atoms with Crippen LogP contribution in [0.4, 0.5) is 0 Å². The van der Waals surface area contributed by atoms with Gasteiger partial charge >= 0.3 is 0 Å². The predicted octanol–water partition coefficient (Wildman–Crippen LogP) is 1.62. The van der Waals surface area contributed by atoms with Crippen molar-refractivity contribution in [1.29, 1.82) is 0 Å². The van der Waals surface area contributed by atoms with Gasteiger partial charge in [-0.1, -0.05) is 30.3 Å². The fraction of sp³-hybridized carbons (Fsp3) is 0.625. The zero-order valence-corrected chi connectivity index (χ0v) is 11.5. The summed E-state index contributed by atoms with van der Waals surface area (Å²) in [5.74, 6) is 0.387. The fourth-order valence-corrected chi connectivity index (χ4v) is 2.89. The summed E-state index contributed by atoms with van der Waals surface area (Å²) in [6.07, 6.45) is 3.41. The number of rotatable bonds is 5. The van der Waals surface area contributed by atoms with E-state index in [1.807, 2.05) is 0 Å². The molecule has 0 bridgehead atoms. The molecule has 2 atom stereocenters. The molecule has 2 N–H and O–H groups in total. The maximum Gasteiger partial charge on any atom is 0.0605 e. The second-order valence-corrected chi connectivity index (χ2v) is 6.02. The Labute approximate surface area is 115 Å². The largest absolute Gasteiger partial charge is 0.393 e. The van der Waals surface area contributed by atoms with E-state index in [9.17, 15) is 5.11 Å². The minimum absolute atomic E-state index is 0.127. The van der Waals surface area contributed by atoms with Crippen molar-refractivity contribution in [2.24, 2.45) is 5.92 Å². The number of aliphatic hydroxyl groups is 1. The van der Waals surface area contributed by atoms with Crippen LogP contribution in [-0.4, -0.2) is 41.8 Å². The molecule has 104 valence electrons. The van der Waals surface area contributed by atoms with Crippen molar-refractivity contribution < 1.29 is 5.11 Å². The summed E-state index contributed by atoms with van der Waals surface area (Å²) in [5, 5.41) is 13.7. The molecule has 0 aromatic heterocycles. The first-order valence-corrected chi connectivity index (χ1v) is 7.49. The van der Waals surface area contributed by atoms with Crippen molar-refractivity contribution in [3.05, 3.63) is 35.9 Å². The Balaban J connectivity index is 1.51. The van der Waals surface area contributed by atoms with E-state index in [1.54, 1.807) is 0 Å². The normalized spacial score (nSPS) is 28.5. The Bertz CT molecular complexity index is 391. The second kappa shape index (κ2) is 6.04. The van der Waals surface area contributed by atoms with Gasteiger partial charge in [0.15, 0.2) is 0 Å². The Morgan fingerprint density at radius 2 is 1.95 bits per heavy atom. The predicted molar refractivity (Wildman–Crippen MR) is 76.9 cm³/mol. The van der Waals surface area contributed by atoms with Gasteiger partial charge in [0.1, 0.15) is 0 Å². The summed E-state index contributed by atoms with van der Waals surface area (Å²) < 4.78 is 0. The van der Waals surface area contributed by atoms with Gasteiger partial charge in [0.25, 0.3) is 0 Å². The Hall–Kier alpha value is -0.900. The number of aliphatic hydroxyl groups excluding tert-OH is 1. The third-order valence-corrected chi connectivity index (χ3v) is 4.27. The van der Waals surface area contributed by atoms with E-state index < -0.39 is 0 Å². The van der Waals surface area contributed by atoms with E-state index in [-0.39, 0.29) is 6.10 Å². The molecule has 1 saturated heterocycles. The molecular weight excluding hydrogens is 236 g/mol. The van der Waals surface area contributed by atoms with E-state index in [4.69, 9.17) is 0 Å². The summed E-state index contributed by atoms with van der Waals surface area (Å²) in [5.41, 5.74) is 1.37. The first-order valence-electron chi connectivity index (χ1n) is 7.49. The summed E-state index contributed by atoms with van der Waals surface area (Å²) in [6, 6.07) is 11.4. The highest BCUT2D eigenvalue weighted by molar-refractivity contribution is 5.14. The number of benzene rings is 1. The molecule has 0 radical (unpaired) electrons. The van der Waals surface area contributed by atoms with Gasteiger partial charge < -0.3 is 10.4 Å². The molecule has 3 heteroatoms. The number of likely N-dealkylation sites (tertiary alicyclic amines) is 1. The minimum Gasteiger partial charge on any atom is -0.393 e. The molecule has 1 aliphatic heterocycles. The lowest BCUT2D eigenvalue weighted by Gasteiger charge is -2.36. The third-order valence-electron chi connectivity index (χ3n) is 4.27. The first kappa shape index (κ1) is 13.1. The van der Waals surface area contributed by atoms with Gasteiger partial charge in [0.2, 0.25) is 0 Å². The van der Waals surface area contributed by atoms with Gasteiger partial charge in [0.05, 0.1) is 6.10 Å². The highest BCUT2D eigenvalue weighted by atomic mass is 16.3. The van der Waals surface area contributed by atoms with E-state index in [0.29, 0.717) is 5.92 Å². The smallest absolute Gasteiger partial charge is 0.0605 e. The van der Waals surface area contributed by atoms with Crippen molar-refractivity contribution in [2.45, 2.75) is 38.0 Å². The highest BCUT2D eigenvalue weighted by Crippen LogP contribution is 2.22. The second-order valence-electron chi connectivity index (χ2n) is 6.02. The molecule has 1 aliphatic carbocycles. The molecule has 1 aromatic rings. The summed E-state index contributed by atoms with van der Waals surface area (Å²) in [4.78, 5) is 2.47. The van der Waals surface area contributed by atoms with Crippen LogP contribution >= 0.6 is 0 Å². The Morgan fingerprint density at radius 3 is 2.68 bits per heavy atom. The van der Waals surface area contributed by atoms with E-state index in [1.165, 1.54) is 18.4 Å². The van der Waals surface area contributed by atoms with Crippen LogP contribution in [0.2, 0.25) is 0 Å². The van der Waals surface area contributed by atoms with Crippen LogP contribution in [0.3, 0.4) is 0 Å². The monoisotopic (exact) mass is 260 g/mol. The first-order chi connectivity index (χ1) is 9.31. The molecule has 1 saturated carbocycles. The molecule has 19 heavy (non-hydrogen) atoms. The molecule has 3 rings (SSSR count). The molecule has 0 spiro atoms. The molecule has 1 heterocycles. The van der Waals surface area contributed by atoms with E-state index in [2.05, 4.69) is 40.5 Å². The zero-order valence-electron chi connectivity index (χ0n) is 11.5. The number of nitrogens with one attached hydrogen (secondary N) is 1. The molecule has 0 unspecified atom stereocenters. The summed E-state index contributed by atoms with van der Waals surface area (Å²) in [7, 11) is 0. The van der Waals surface area contributed by atoms with Crippen molar-refractivity contribution in [3.63, 3.8) is 0 Å². The number of hydrogen-bond acceptors (Lipinski definition) is 3. The average Bonchev–Trinajstić information content (AvgIpc) is 3.25. The topological polar surface area (TPSA) is 35.5 Å². The zero-order chi connectivity index (χ0) is 13.1. The van der Waals surface area contributed by atoms with Crippen LogP contribution < -0.4 is 5.32 Å².